The molecule has 0 radical (unpaired) electrons. The highest BCUT2D eigenvalue weighted by Crippen LogP contribution is 2.38. The molecule has 2 fully saturated rings. The molecule has 7 nitrogen and oxygen atoms in total. The van der Waals surface area contributed by atoms with E-state index in [-0.39, 0.29) is 12.0 Å². The monoisotopic (exact) mass is 280 g/mol. The van der Waals surface area contributed by atoms with Crippen molar-refractivity contribution < 1.29 is 14.1 Å². The molecular formula is C13H20N4O3. The molecule has 3 rings (SSSR count). The minimum absolute atomic E-state index is 0.193. The van der Waals surface area contributed by atoms with Crippen LogP contribution in [0, 0.1) is 0 Å². The van der Waals surface area contributed by atoms with Gasteiger partial charge in [0, 0.05) is 25.6 Å². The number of hydrogen-bond acceptors (Lipinski definition) is 7. The van der Waals surface area contributed by atoms with Gasteiger partial charge in [0.15, 0.2) is 5.82 Å². The molecule has 0 spiro atoms. The molecule has 0 bridgehead atoms. The summed E-state index contributed by atoms with van der Waals surface area (Å²) in [5.74, 6) is 1.68. The maximum atomic E-state index is 12.0. The quantitative estimate of drug-likeness (QED) is 0.776. The van der Waals surface area contributed by atoms with Crippen molar-refractivity contribution in [1.82, 2.24) is 20.4 Å². The normalized spacial score (nSPS) is 23.8. The van der Waals surface area contributed by atoms with Crippen molar-refractivity contribution in [1.29, 1.82) is 0 Å². The Kier molecular flexibility index (Phi) is 3.98. The van der Waals surface area contributed by atoms with E-state index < -0.39 is 0 Å². The van der Waals surface area contributed by atoms with Gasteiger partial charge in [0.1, 0.15) is 6.04 Å². The molecule has 20 heavy (non-hydrogen) atoms. The molecule has 7 heteroatoms. The van der Waals surface area contributed by atoms with Gasteiger partial charge in [0.25, 0.3) is 0 Å². The molecule has 1 aliphatic heterocycles. The molecule has 1 aromatic rings. The summed E-state index contributed by atoms with van der Waals surface area (Å²) in [5, 5.41) is 7.22. The molecule has 0 amide bonds. The average Bonchev–Trinajstić information content (AvgIpc) is 3.20. The van der Waals surface area contributed by atoms with Crippen LogP contribution in [0.5, 0.6) is 0 Å². The first-order valence-corrected chi connectivity index (χ1v) is 7.21. The fourth-order valence-corrected chi connectivity index (χ4v) is 2.42. The zero-order valence-corrected chi connectivity index (χ0v) is 11.7. The van der Waals surface area contributed by atoms with Crippen LogP contribution in [-0.2, 0) is 16.1 Å². The second-order valence-electron chi connectivity index (χ2n) is 5.26. The van der Waals surface area contributed by atoms with Crippen LogP contribution in [0.4, 0.5) is 0 Å². The van der Waals surface area contributed by atoms with Gasteiger partial charge in [0.2, 0.25) is 5.89 Å². The van der Waals surface area contributed by atoms with Crippen molar-refractivity contribution in [3.05, 3.63) is 11.7 Å². The number of carbonyl (C=O) groups is 1. The molecule has 110 valence electrons. The van der Waals surface area contributed by atoms with Gasteiger partial charge in [-0.15, -0.1) is 0 Å². The highest BCUT2D eigenvalue weighted by atomic mass is 16.5. The van der Waals surface area contributed by atoms with Crippen molar-refractivity contribution >= 4 is 5.97 Å². The van der Waals surface area contributed by atoms with Crippen LogP contribution in [0.3, 0.4) is 0 Å². The van der Waals surface area contributed by atoms with E-state index in [4.69, 9.17) is 9.26 Å². The number of rotatable bonds is 5. The van der Waals surface area contributed by atoms with Crippen molar-refractivity contribution in [3.63, 3.8) is 0 Å². The van der Waals surface area contributed by atoms with Crippen LogP contribution in [0.1, 0.15) is 37.4 Å². The Balaban J connectivity index is 1.64. The third kappa shape index (κ3) is 2.99. The molecule has 1 aliphatic carbocycles. The summed E-state index contributed by atoms with van der Waals surface area (Å²) in [6, 6.07) is -0.278. The van der Waals surface area contributed by atoms with Crippen LogP contribution < -0.4 is 5.32 Å². The van der Waals surface area contributed by atoms with E-state index in [1.807, 2.05) is 11.8 Å². The summed E-state index contributed by atoms with van der Waals surface area (Å²) < 4.78 is 10.4. The molecule has 1 saturated heterocycles. The number of ether oxygens (including phenoxy) is 1. The van der Waals surface area contributed by atoms with Crippen LogP contribution in [0.25, 0.3) is 0 Å². The number of esters is 1. The maximum Gasteiger partial charge on any atom is 0.324 e. The van der Waals surface area contributed by atoms with Crippen molar-refractivity contribution in [3.8, 4) is 0 Å². The summed E-state index contributed by atoms with van der Waals surface area (Å²) in [6.45, 7) is 4.94. The fraction of sp³-hybridized carbons (Fsp3) is 0.769. The predicted molar refractivity (Wildman–Crippen MR) is 70.0 cm³/mol. The van der Waals surface area contributed by atoms with Crippen LogP contribution in [0.15, 0.2) is 4.52 Å². The van der Waals surface area contributed by atoms with Gasteiger partial charge in [-0.25, -0.2) is 0 Å². The standard InChI is InChI=1S/C13H20N4O3/c1-2-19-13(18)10-7-14-5-6-17(10)8-11-15-12(16-20-11)9-3-4-9/h9-10,14H,2-8H2,1H3. The number of hydrogen-bond donors (Lipinski definition) is 1. The number of piperazine rings is 1. The van der Waals surface area contributed by atoms with Crippen molar-refractivity contribution in [2.24, 2.45) is 0 Å². The second kappa shape index (κ2) is 5.88. The largest absolute Gasteiger partial charge is 0.465 e. The lowest BCUT2D eigenvalue weighted by Gasteiger charge is -2.33. The second-order valence-corrected chi connectivity index (χ2v) is 5.26. The third-order valence-corrected chi connectivity index (χ3v) is 3.68. The average molecular weight is 280 g/mol. The molecule has 1 N–H and O–H groups in total. The first-order valence-electron chi connectivity index (χ1n) is 7.21. The van der Waals surface area contributed by atoms with E-state index in [0.29, 0.717) is 31.5 Å². The van der Waals surface area contributed by atoms with Crippen LogP contribution in [0.2, 0.25) is 0 Å². The van der Waals surface area contributed by atoms with E-state index in [2.05, 4.69) is 15.5 Å². The number of nitrogens with zero attached hydrogens (tertiary/aromatic N) is 3. The van der Waals surface area contributed by atoms with E-state index in [1.54, 1.807) is 0 Å². The van der Waals surface area contributed by atoms with Gasteiger partial charge in [-0.1, -0.05) is 5.16 Å². The number of carbonyl (C=O) groups excluding carboxylic acids is 1. The molecule has 2 aliphatic rings. The van der Waals surface area contributed by atoms with Gasteiger partial charge in [-0.3, -0.25) is 9.69 Å². The molecule has 2 heterocycles. The van der Waals surface area contributed by atoms with Crippen LogP contribution in [-0.4, -0.2) is 53.3 Å². The Labute approximate surface area is 117 Å². The molecule has 1 aromatic heterocycles. The molecule has 1 saturated carbocycles. The van der Waals surface area contributed by atoms with Gasteiger partial charge in [-0.2, -0.15) is 4.98 Å². The lowest BCUT2D eigenvalue weighted by molar-refractivity contribution is -0.150. The minimum atomic E-state index is -0.278. The molecule has 0 aromatic carbocycles. The maximum absolute atomic E-state index is 12.0. The summed E-state index contributed by atoms with van der Waals surface area (Å²) in [7, 11) is 0. The third-order valence-electron chi connectivity index (χ3n) is 3.68. The molecular weight excluding hydrogens is 260 g/mol. The van der Waals surface area contributed by atoms with E-state index in [9.17, 15) is 4.79 Å². The van der Waals surface area contributed by atoms with E-state index >= 15 is 0 Å². The van der Waals surface area contributed by atoms with Gasteiger partial charge < -0.3 is 14.6 Å². The highest BCUT2D eigenvalue weighted by molar-refractivity contribution is 5.76. The lowest BCUT2D eigenvalue weighted by atomic mass is 10.2. The Morgan fingerprint density at radius 3 is 3.15 bits per heavy atom. The summed E-state index contributed by atoms with van der Waals surface area (Å²) >= 11 is 0. The summed E-state index contributed by atoms with van der Waals surface area (Å²) in [5.41, 5.74) is 0. The van der Waals surface area contributed by atoms with E-state index in [1.165, 1.54) is 0 Å². The van der Waals surface area contributed by atoms with Gasteiger partial charge >= 0.3 is 5.97 Å². The van der Waals surface area contributed by atoms with Crippen LogP contribution >= 0.6 is 0 Å². The number of nitrogens with one attached hydrogen (secondary N) is 1. The highest BCUT2D eigenvalue weighted by Gasteiger charge is 2.32. The van der Waals surface area contributed by atoms with Gasteiger partial charge in [0.05, 0.1) is 13.2 Å². The fourth-order valence-electron chi connectivity index (χ4n) is 2.42. The SMILES string of the molecule is CCOC(=O)C1CNCCN1Cc1nc(C2CC2)no1. The number of aromatic nitrogens is 2. The Morgan fingerprint density at radius 1 is 1.55 bits per heavy atom. The lowest BCUT2D eigenvalue weighted by Crippen LogP contribution is -2.54. The zero-order chi connectivity index (χ0) is 13.9. The first kappa shape index (κ1) is 13.5. The zero-order valence-electron chi connectivity index (χ0n) is 11.7. The molecule has 1 unspecified atom stereocenters. The predicted octanol–water partition coefficient (Wildman–Crippen LogP) is 0.284. The Bertz CT molecular complexity index is 472. The summed E-state index contributed by atoms with van der Waals surface area (Å²) in [6.07, 6.45) is 2.30. The smallest absolute Gasteiger partial charge is 0.324 e. The minimum Gasteiger partial charge on any atom is -0.465 e. The molecule has 1 atom stereocenters. The topological polar surface area (TPSA) is 80.5 Å². The Hall–Kier alpha value is -1.47. The van der Waals surface area contributed by atoms with E-state index in [0.717, 1.165) is 31.8 Å². The summed E-state index contributed by atoms with van der Waals surface area (Å²) in [4.78, 5) is 18.4. The Morgan fingerprint density at radius 2 is 2.40 bits per heavy atom. The van der Waals surface area contributed by atoms with Crippen molar-refractivity contribution in [2.45, 2.75) is 38.3 Å². The van der Waals surface area contributed by atoms with Gasteiger partial charge in [-0.05, 0) is 19.8 Å². The van der Waals surface area contributed by atoms with Crippen molar-refractivity contribution in [2.75, 3.05) is 26.2 Å². The first-order chi connectivity index (χ1) is 9.78.